The molecule has 1 N–H and O–H groups in total. The van der Waals surface area contributed by atoms with E-state index in [1.165, 1.54) is 38.4 Å². The van der Waals surface area contributed by atoms with Crippen LogP contribution < -0.4 is 5.32 Å². The Labute approximate surface area is 115 Å². The van der Waals surface area contributed by atoms with Crippen LogP contribution in [0.3, 0.4) is 0 Å². The fourth-order valence-electron chi connectivity index (χ4n) is 3.15. The second-order valence-corrected chi connectivity index (χ2v) is 8.16. The molecule has 0 atom stereocenters. The second kappa shape index (κ2) is 4.51. The Morgan fingerprint density at radius 2 is 1.84 bits per heavy atom. The van der Waals surface area contributed by atoms with Crippen LogP contribution in [0, 0.1) is 11.3 Å². The van der Waals surface area contributed by atoms with Crippen LogP contribution in [-0.4, -0.2) is 21.2 Å². The molecule has 0 unspecified atom stereocenters. The van der Waals surface area contributed by atoms with Gasteiger partial charge in [-0.05, 0) is 61.3 Å². The summed E-state index contributed by atoms with van der Waals surface area (Å²) in [5, 5.41) is 3.49. The number of benzene rings is 1. The number of sulfone groups is 1. The Hall–Kier alpha value is -1.03. The Bertz CT molecular complexity index is 554. The molecule has 3 nitrogen and oxygen atoms in total. The number of anilines is 1. The summed E-state index contributed by atoms with van der Waals surface area (Å²) in [5.74, 6) is 0.934. The van der Waals surface area contributed by atoms with Crippen molar-refractivity contribution in [2.75, 3.05) is 18.1 Å². The van der Waals surface area contributed by atoms with Crippen molar-refractivity contribution in [3.8, 4) is 0 Å². The van der Waals surface area contributed by atoms with Crippen LogP contribution in [-0.2, 0) is 9.84 Å². The van der Waals surface area contributed by atoms with E-state index >= 15 is 0 Å². The minimum Gasteiger partial charge on any atom is -0.384 e. The molecule has 0 aromatic heterocycles. The molecular formula is C15H21NO2S. The molecule has 104 valence electrons. The van der Waals surface area contributed by atoms with Crippen LogP contribution in [0.4, 0.5) is 5.69 Å². The highest BCUT2D eigenvalue weighted by Crippen LogP contribution is 2.56. The first-order chi connectivity index (χ1) is 9.00. The Kier molecular flexibility index (Phi) is 3.08. The van der Waals surface area contributed by atoms with Gasteiger partial charge in [0.1, 0.15) is 0 Å². The average molecular weight is 279 g/mol. The zero-order chi connectivity index (χ0) is 13.5. The SMILES string of the molecule is CS(=O)(=O)c1ccc(NCC2(C3CC3)CCC2)cc1. The molecule has 4 heteroatoms. The third-order valence-corrected chi connectivity index (χ3v) is 5.85. The summed E-state index contributed by atoms with van der Waals surface area (Å²) < 4.78 is 22.8. The molecule has 1 aromatic rings. The molecule has 3 rings (SSSR count). The van der Waals surface area contributed by atoms with E-state index < -0.39 is 9.84 Å². The smallest absolute Gasteiger partial charge is 0.175 e. The molecule has 2 aliphatic rings. The summed E-state index contributed by atoms with van der Waals surface area (Å²) in [4.78, 5) is 0.388. The van der Waals surface area contributed by atoms with E-state index in [0.717, 1.165) is 18.2 Å². The second-order valence-electron chi connectivity index (χ2n) is 6.14. The lowest BCUT2D eigenvalue weighted by Gasteiger charge is -2.43. The maximum Gasteiger partial charge on any atom is 0.175 e. The van der Waals surface area contributed by atoms with Crippen LogP contribution in [0.15, 0.2) is 29.2 Å². The quantitative estimate of drug-likeness (QED) is 0.901. The third kappa shape index (κ3) is 2.64. The first-order valence-corrected chi connectivity index (χ1v) is 8.93. The van der Waals surface area contributed by atoms with E-state index in [0.29, 0.717) is 10.3 Å². The molecule has 2 aliphatic carbocycles. The molecule has 1 aromatic carbocycles. The lowest BCUT2D eigenvalue weighted by Crippen LogP contribution is -2.38. The van der Waals surface area contributed by atoms with Crippen molar-refractivity contribution >= 4 is 15.5 Å². The number of hydrogen-bond donors (Lipinski definition) is 1. The van der Waals surface area contributed by atoms with Gasteiger partial charge in [0.15, 0.2) is 9.84 Å². The fraction of sp³-hybridized carbons (Fsp3) is 0.600. The molecular weight excluding hydrogens is 258 g/mol. The predicted octanol–water partition coefficient (Wildman–Crippen LogP) is 3.08. The van der Waals surface area contributed by atoms with Crippen molar-refractivity contribution in [3.63, 3.8) is 0 Å². The van der Waals surface area contributed by atoms with Crippen molar-refractivity contribution in [2.45, 2.75) is 37.0 Å². The van der Waals surface area contributed by atoms with Gasteiger partial charge in [-0.25, -0.2) is 8.42 Å². The van der Waals surface area contributed by atoms with Crippen LogP contribution in [0.5, 0.6) is 0 Å². The highest BCUT2D eigenvalue weighted by molar-refractivity contribution is 7.90. The Balaban J connectivity index is 1.64. The van der Waals surface area contributed by atoms with Gasteiger partial charge < -0.3 is 5.32 Å². The van der Waals surface area contributed by atoms with E-state index in [1.54, 1.807) is 12.1 Å². The van der Waals surface area contributed by atoms with E-state index in [2.05, 4.69) is 5.32 Å². The van der Waals surface area contributed by atoms with E-state index in [4.69, 9.17) is 0 Å². The summed E-state index contributed by atoms with van der Waals surface area (Å²) in [6.07, 6.45) is 8.11. The lowest BCUT2D eigenvalue weighted by atomic mass is 9.65. The third-order valence-electron chi connectivity index (χ3n) is 4.72. The van der Waals surface area contributed by atoms with Gasteiger partial charge in [-0.2, -0.15) is 0 Å². The Morgan fingerprint density at radius 3 is 2.26 bits per heavy atom. The van der Waals surface area contributed by atoms with E-state index in [1.807, 2.05) is 12.1 Å². The van der Waals surface area contributed by atoms with Crippen LogP contribution >= 0.6 is 0 Å². The van der Waals surface area contributed by atoms with Gasteiger partial charge in [-0.1, -0.05) is 6.42 Å². The topological polar surface area (TPSA) is 46.2 Å². The van der Waals surface area contributed by atoms with Gasteiger partial charge >= 0.3 is 0 Å². The normalized spacial score (nSPS) is 21.7. The zero-order valence-electron chi connectivity index (χ0n) is 11.4. The van der Waals surface area contributed by atoms with Crippen LogP contribution in [0.2, 0.25) is 0 Å². The van der Waals surface area contributed by atoms with Gasteiger partial charge in [-0.3, -0.25) is 0 Å². The highest BCUT2D eigenvalue weighted by atomic mass is 32.2. The monoisotopic (exact) mass is 279 g/mol. The summed E-state index contributed by atoms with van der Waals surface area (Å²) in [7, 11) is -3.09. The zero-order valence-corrected chi connectivity index (χ0v) is 12.2. The van der Waals surface area contributed by atoms with Gasteiger partial charge in [0.2, 0.25) is 0 Å². The minimum atomic E-state index is -3.09. The molecule has 0 aliphatic heterocycles. The fourth-order valence-corrected chi connectivity index (χ4v) is 3.78. The summed E-state index contributed by atoms with van der Waals surface area (Å²) in [6, 6.07) is 7.11. The summed E-state index contributed by atoms with van der Waals surface area (Å²) in [6.45, 7) is 1.04. The first-order valence-electron chi connectivity index (χ1n) is 7.04. The van der Waals surface area contributed by atoms with Gasteiger partial charge in [-0.15, -0.1) is 0 Å². The van der Waals surface area contributed by atoms with Gasteiger partial charge in [0.05, 0.1) is 4.90 Å². The van der Waals surface area contributed by atoms with Crippen molar-refractivity contribution in [1.29, 1.82) is 0 Å². The number of hydrogen-bond acceptors (Lipinski definition) is 3. The van der Waals surface area contributed by atoms with Crippen molar-refractivity contribution in [1.82, 2.24) is 0 Å². The maximum absolute atomic E-state index is 11.4. The van der Waals surface area contributed by atoms with E-state index in [-0.39, 0.29) is 0 Å². The number of nitrogens with one attached hydrogen (secondary N) is 1. The van der Waals surface area contributed by atoms with Crippen molar-refractivity contribution in [2.24, 2.45) is 11.3 Å². The molecule has 0 radical (unpaired) electrons. The highest BCUT2D eigenvalue weighted by Gasteiger charge is 2.48. The molecule has 0 heterocycles. The largest absolute Gasteiger partial charge is 0.384 e. The van der Waals surface area contributed by atoms with Gasteiger partial charge in [0.25, 0.3) is 0 Å². The molecule has 19 heavy (non-hydrogen) atoms. The molecule has 0 spiro atoms. The van der Waals surface area contributed by atoms with Crippen LogP contribution in [0.25, 0.3) is 0 Å². The standard InChI is InChI=1S/C15H21NO2S/c1-19(17,18)14-7-5-13(6-8-14)16-11-15(9-2-10-15)12-3-4-12/h5-8,12,16H,2-4,9-11H2,1H3. The number of rotatable bonds is 5. The first kappa shape index (κ1) is 13.0. The van der Waals surface area contributed by atoms with Crippen molar-refractivity contribution in [3.05, 3.63) is 24.3 Å². The molecule has 2 saturated carbocycles. The molecule has 2 fully saturated rings. The maximum atomic E-state index is 11.4. The Morgan fingerprint density at radius 1 is 1.21 bits per heavy atom. The minimum absolute atomic E-state index is 0.388. The summed E-state index contributed by atoms with van der Waals surface area (Å²) in [5.41, 5.74) is 1.56. The van der Waals surface area contributed by atoms with E-state index in [9.17, 15) is 8.42 Å². The average Bonchev–Trinajstić information content (AvgIpc) is 3.12. The predicted molar refractivity (Wildman–Crippen MR) is 77.0 cm³/mol. The van der Waals surface area contributed by atoms with Crippen molar-refractivity contribution < 1.29 is 8.42 Å². The lowest BCUT2D eigenvalue weighted by molar-refractivity contribution is 0.118. The van der Waals surface area contributed by atoms with Crippen LogP contribution in [0.1, 0.15) is 32.1 Å². The van der Waals surface area contributed by atoms with Gasteiger partial charge in [0, 0.05) is 18.5 Å². The molecule has 0 saturated heterocycles. The molecule has 0 amide bonds. The molecule has 0 bridgehead atoms. The summed E-state index contributed by atoms with van der Waals surface area (Å²) >= 11 is 0.